The van der Waals surface area contributed by atoms with Crippen molar-refractivity contribution in [2.45, 2.75) is 32.2 Å². The van der Waals surface area contributed by atoms with Gasteiger partial charge in [0.15, 0.2) is 0 Å². The topological polar surface area (TPSA) is 107 Å². The van der Waals surface area contributed by atoms with Crippen LogP contribution in [0, 0.1) is 0 Å². The summed E-state index contributed by atoms with van der Waals surface area (Å²) in [6.07, 6.45) is 2.43. The molecule has 1 saturated heterocycles. The van der Waals surface area contributed by atoms with Gasteiger partial charge in [-0.25, -0.2) is 5.01 Å². The number of esters is 1. The third-order valence-electron chi connectivity index (χ3n) is 3.61. The third kappa shape index (κ3) is 4.21. The molecule has 1 aromatic rings. The standard InChI is InChI=1S/C15H19N5O3/c1-2-23-15(22)13-9-5-6-10-20(13)18-14(21)11-7-3-4-8-12(11)17-19-16/h3-4,7-8,13H,2,5-6,9-10H2,1H3,(H,18,21). The molecule has 1 heterocycles. The Morgan fingerprint density at radius 1 is 1.43 bits per heavy atom. The average molecular weight is 317 g/mol. The number of amides is 1. The van der Waals surface area contributed by atoms with E-state index < -0.39 is 11.9 Å². The van der Waals surface area contributed by atoms with Crippen LogP contribution in [0.4, 0.5) is 5.69 Å². The smallest absolute Gasteiger partial charge is 0.325 e. The maximum absolute atomic E-state index is 12.4. The first-order valence-electron chi connectivity index (χ1n) is 7.55. The van der Waals surface area contributed by atoms with Crippen LogP contribution in [0.25, 0.3) is 10.4 Å². The fraction of sp³-hybridized carbons (Fsp3) is 0.467. The fourth-order valence-corrected chi connectivity index (χ4v) is 2.54. The molecule has 0 spiro atoms. The van der Waals surface area contributed by atoms with Gasteiger partial charge in [-0.15, -0.1) is 0 Å². The number of hydrazine groups is 1. The summed E-state index contributed by atoms with van der Waals surface area (Å²) in [4.78, 5) is 27.2. The highest BCUT2D eigenvalue weighted by Gasteiger charge is 2.31. The first-order chi connectivity index (χ1) is 11.2. The number of ether oxygens (including phenoxy) is 1. The molecule has 1 N–H and O–H groups in total. The van der Waals surface area contributed by atoms with Crippen LogP contribution in [0.2, 0.25) is 0 Å². The molecule has 1 aromatic carbocycles. The second kappa shape index (κ2) is 8.17. The van der Waals surface area contributed by atoms with Crippen molar-refractivity contribution in [3.8, 4) is 0 Å². The molecule has 23 heavy (non-hydrogen) atoms. The summed E-state index contributed by atoms with van der Waals surface area (Å²) in [6, 6.07) is 6.02. The molecule has 0 aliphatic carbocycles. The van der Waals surface area contributed by atoms with Crippen LogP contribution in [-0.4, -0.2) is 36.1 Å². The maximum Gasteiger partial charge on any atom is 0.325 e. The fourth-order valence-electron chi connectivity index (χ4n) is 2.54. The van der Waals surface area contributed by atoms with Gasteiger partial charge in [-0.05, 0) is 37.8 Å². The van der Waals surface area contributed by atoms with Gasteiger partial charge in [0.1, 0.15) is 6.04 Å². The number of carbonyl (C=O) groups is 2. The van der Waals surface area contributed by atoms with E-state index >= 15 is 0 Å². The highest BCUT2D eigenvalue weighted by atomic mass is 16.5. The van der Waals surface area contributed by atoms with E-state index in [1.807, 2.05) is 0 Å². The van der Waals surface area contributed by atoms with Gasteiger partial charge in [0.25, 0.3) is 5.91 Å². The Morgan fingerprint density at radius 3 is 2.96 bits per heavy atom. The van der Waals surface area contributed by atoms with Crippen molar-refractivity contribution in [3.05, 3.63) is 40.3 Å². The molecule has 0 saturated carbocycles. The minimum absolute atomic E-state index is 0.247. The van der Waals surface area contributed by atoms with E-state index in [0.717, 1.165) is 12.8 Å². The van der Waals surface area contributed by atoms with Crippen molar-refractivity contribution in [1.29, 1.82) is 0 Å². The van der Waals surface area contributed by atoms with Crippen LogP contribution in [0.3, 0.4) is 0 Å². The quantitative estimate of drug-likeness (QED) is 0.390. The molecule has 1 aliphatic rings. The summed E-state index contributed by atoms with van der Waals surface area (Å²) in [5, 5.41) is 5.12. The van der Waals surface area contributed by atoms with Crippen molar-refractivity contribution in [1.82, 2.24) is 10.4 Å². The third-order valence-corrected chi connectivity index (χ3v) is 3.61. The number of nitrogens with zero attached hydrogens (tertiary/aromatic N) is 4. The lowest BCUT2D eigenvalue weighted by molar-refractivity contribution is -0.152. The van der Waals surface area contributed by atoms with Gasteiger partial charge in [0.2, 0.25) is 0 Å². The number of hydrogen-bond acceptors (Lipinski definition) is 5. The van der Waals surface area contributed by atoms with Crippen LogP contribution >= 0.6 is 0 Å². The summed E-state index contributed by atoms with van der Waals surface area (Å²) in [5.74, 6) is -0.750. The molecule has 1 fully saturated rings. The van der Waals surface area contributed by atoms with Gasteiger partial charge in [-0.1, -0.05) is 23.3 Å². The summed E-state index contributed by atoms with van der Waals surface area (Å²) < 4.78 is 5.06. The number of carbonyl (C=O) groups excluding carboxylic acids is 2. The number of benzene rings is 1. The van der Waals surface area contributed by atoms with Gasteiger partial charge >= 0.3 is 5.97 Å². The maximum atomic E-state index is 12.4. The minimum atomic E-state index is -0.487. The Bertz CT molecular complexity index is 627. The molecular weight excluding hydrogens is 298 g/mol. The van der Waals surface area contributed by atoms with E-state index in [9.17, 15) is 9.59 Å². The summed E-state index contributed by atoms with van der Waals surface area (Å²) in [7, 11) is 0. The highest BCUT2D eigenvalue weighted by molar-refractivity contribution is 5.98. The molecule has 0 bridgehead atoms. The number of rotatable bonds is 5. The van der Waals surface area contributed by atoms with E-state index in [1.165, 1.54) is 0 Å². The lowest BCUT2D eigenvalue weighted by Crippen LogP contribution is -2.54. The Hall–Kier alpha value is -2.57. The van der Waals surface area contributed by atoms with Crippen molar-refractivity contribution in [2.24, 2.45) is 5.11 Å². The van der Waals surface area contributed by atoms with Crippen LogP contribution in [0.5, 0.6) is 0 Å². The molecule has 8 heteroatoms. The number of nitrogens with one attached hydrogen (secondary N) is 1. The monoisotopic (exact) mass is 317 g/mol. The van der Waals surface area contributed by atoms with Gasteiger partial charge in [-0.2, -0.15) is 0 Å². The number of hydrogen-bond donors (Lipinski definition) is 1. The number of piperidine rings is 1. The molecule has 122 valence electrons. The largest absolute Gasteiger partial charge is 0.465 e. The van der Waals surface area contributed by atoms with Crippen molar-refractivity contribution >= 4 is 17.6 Å². The minimum Gasteiger partial charge on any atom is -0.465 e. The SMILES string of the molecule is CCOC(=O)C1CCCCN1NC(=O)c1ccccc1N=[N+]=[N-]. The summed E-state index contributed by atoms with van der Waals surface area (Å²) in [6.45, 7) is 2.62. The Balaban J connectivity index is 2.14. The van der Waals surface area contributed by atoms with Crippen molar-refractivity contribution in [2.75, 3.05) is 13.2 Å². The summed E-state index contributed by atoms with van der Waals surface area (Å²) in [5.41, 5.74) is 11.8. The van der Waals surface area contributed by atoms with Crippen LogP contribution in [0.15, 0.2) is 29.4 Å². The second-order valence-corrected chi connectivity index (χ2v) is 5.10. The zero-order valence-corrected chi connectivity index (χ0v) is 12.9. The summed E-state index contributed by atoms with van der Waals surface area (Å²) >= 11 is 0. The van der Waals surface area contributed by atoms with E-state index in [4.69, 9.17) is 10.3 Å². The first kappa shape index (κ1) is 16.8. The van der Waals surface area contributed by atoms with Gasteiger partial charge < -0.3 is 4.74 Å². The Morgan fingerprint density at radius 2 is 2.22 bits per heavy atom. The highest BCUT2D eigenvalue weighted by Crippen LogP contribution is 2.21. The number of azide groups is 1. The molecule has 0 radical (unpaired) electrons. The molecule has 1 aliphatic heterocycles. The molecular formula is C15H19N5O3. The normalized spacial score (nSPS) is 17.9. The first-order valence-corrected chi connectivity index (χ1v) is 7.55. The Kier molecular flexibility index (Phi) is 5.96. The predicted octanol–water partition coefficient (Wildman–Crippen LogP) is 2.69. The van der Waals surface area contributed by atoms with Gasteiger partial charge in [-0.3, -0.25) is 15.0 Å². The average Bonchev–Trinajstić information content (AvgIpc) is 2.56. The van der Waals surface area contributed by atoms with Crippen molar-refractivity contribution < 1.29 is 14.3 Å². The van der Waals surface area contributed by atoms with E-state index in [2.05, 4.69) is 15.5 Å². The molecule has 1 atom stereocenters. The zero-order chi connectivity index (χ0) is 16.7. The van der Waals surface area contributed by atoms with Crippen molar-refractivity contribution in [3.63, 3.8) is 0 Å². The molecule has 1 unspecified atom stereocenters. The zero-order valence-electron chi connectivity index (χ0n) is 12.9. The second-order valence-electron chi connectivity index (χ2n) is 5.10. The lowest BCUT2D eigenvalue weighted by Gasteiger charge is -2.33. The van der Waals surface area contributed by atoms with E-state index in [-0.39, 0.29) is 17.2 Å². The lowest BCUT2D eigenvalue weighted by atomic mass is 10.0. The van der Waals surface area contributed by atoms with Crippen LogP contribution in [0.1, 0.15) is 36.5 Å². The van der Waals surface area contributed by atoms with Crippen LogP contribution in [-0.2, 0) is 9.53 Å². The van der Waals surface area contributed by atoms with Crippen LogP contribution < -0.4 is 5.43 Å². The van der Waals surface area contributed by atoms with E-state index in [0.29, 0.717) is 19.6 Å². The Labute approximate surface area is 134 Å². The molecule has 0 aromatic heterocycles. The van der Waals surface area contributed by atoms with Gasteiger partial charge in [0.05, 0.1) is 17.9 Å². The van der Waals surface area contributed by atoms with E-state index in [1.54, 1.807) is 36.2 Å². The predicted molar refractivity (Wildman–Crippen MR) is 83.7 cm³/mol. The molecule has 1 amide bonds. The molecule has 2 rings (SSSR count). The van der Waals surface area contributed by atoms with Gasteiger partial charge in [0, 0.05) is 11.5 Å². The molecule has 8 nitrogen and oxygen atoms in total.